The lowest BCUT2D eigenvalue weighted by molar-refractivity contribution is -0.130. The second kappa shape index (κ2) is 6.40. The highest BCUT2D eigenvalue weighted by atomic mass is 16.5. The van der Waals surface area contributed by atoms with E-state index in [0.717, 1.165) is 25.9 Å². The fraction of sp³-hybridized carbons (Fsp3) is 0.471. The van der Waals surface area contributed by atoms with Gasteiger partial charge < -0.3 is 14.5 Å². The first-order chi connectivity index (χ1) is 11.1. The molecule has 1 aromatic carbocycles. The highest BCUT2D eigenvalue weighted by molar-refractivity contribution is 6.02. The summed E-state index contributed by atoms with van der Waals surface area (Å²) in [5.74, 6) is 0.402. The van der Waals surface area contributed by atoms with E-state index in [9.17, 15) is 14.4 Å². The molecule has 0 saturated carbocycles. The number of ether oxygens (including phenoxy) is 1. The van der Waals surface area contributed by atoms with Gasteiger partial charge in [0.15, 0.2) is 12.4 Å². The van der Waals surface area contributed by atoms with Crippen molar-refractivity contribution in [1.29, 1.82) is 0 Å². The average molecular weight is 316 g/mol. The van der Waals surface area contributed by atoms with Crippen molar-refractivity contribution < 1.29 is 19.1 Å². The number of fused-ring (bicyclic) bond motifs is 1. The molecule has 2 aliphatic rings. The van der Waals surface area contributed by atoms with Gasteiger partial charge in [-0.05, 0) is 31.0 Å². The molecule has 3 rings (SSSR count). The molecule has 1 aromatic rings. The summed E-state index contributed by atoms with van der Waals surface area (Å²) in [7, 11) is 1.66. The Labute approximate surface area is 135 Å². The smallest absolute Gasteiger partial charge is 0.264 e. The third-order valence-electron chi connectivity index (χ3n) is 4.39. The Morgan fingerprint density at radius 3 is 2.65 bits per heavy atom. The molecule has 1 fully saturated rings. The number of ketones is 1. The lowest BCUT2D eigenvalue weighted by Gasteiger charge is -2.26. The van der Waals surface area contributed by atoms with Crippen molar-refractivity contribution in [3.63, 3.8) is 0 Å². The van der Waals surface area contributed by atoms with Gasteiger partial charge >= 0.3 is 0 Å². The number of nitrogens with zero attached hydrogens (tertiary/aromatic N) is 2. The first-order valence-corrected chi connectivity index (χ1v) is 7.90. The number of rotatable bonds is 4. The van der Waals surface area contributed by atoms with Gasteiger partial charge in [0.25, 0.3) is 5.91 Å². The minimum atomic E-state index is -0.147. The van der Waals surface area contributed by atoms with Gasteiger partial charge in [-0.2, -0.15) is 0 Å². The van der Waals surface area contributed by atoms with Crippen LogP contribution in [0.5, 0.6) is 5.75 Å². The largest absolute Gasteiger partial charge is 0.482 e. The lowest BCUT2D eigenvalue weighted by Crippen LogP contribution is -2.35. The van der Waals surface area contributed by atoms with Crippen LogP contribution in [0.15, 0.2) is 18.2 Å². The van der Waals surface area contributed by atoms with Crippen LogP contribution in [0.2, 0.25) is 0 Å². The van der Waals surface area contributed by atoms with Gasteiger partial charge in [-0.25, -0.2) is 0 Å². The van der Waals surface area contributed by atoms with E-state index < -0.39 is 0 Å². The van der Waals surface area contributed by atoms with E-state index in [0.29, 0.717) is 17.0 Å². The number of carbonyl (C=O) groups excluding carboxylic acids is 3. The van der Waals surface area contributed by atoms with Crippen molar-refractivity contribution in [2.24, 2.45) is 0 Å². The zero-order valence-electron chi connectivity index (χ0n) is 13.2. The number of amides is 2. The van der Waals surface area contributed by atoms with Gasteiger partial charge in [0.05, 0.1) is 5.69 Å². The van der Waals surface area contributed by atoms with E-state index in [2.05, 4.69) is 0 Å². The minimum absolute atomic E-state index is 0.0150. The summed E-state index contributed by atoms with van der Waals surface area (Å²) in [6, 6.07) is 5.05. The molecule has 1 saturated heterocycles. The molecule has 0 unspecified atom stereocenters. The minimum Gasteiger partial charge on any atom is -0.482 e. The second-order valence-electron chi connectivity index (χ2n) is 5.94. The third-order valence-corrected chi connectivity index (χ3v) is 4.39. The molecule has 0 bridgehead atoms. The number of carbonyl (C=O) groups is 3. The zero-order chi connectivity index (χ0) is 16.4. The zero-order valence-corrected chi connectivity index (χ0v) is 13.2. The molecule has 2 aliphatic heterocycles. The number of benzene rings is 1. The summed E-state index contributed by atoms with van der Waals surface area (Å²) >= 11 is 0. The Kier molecular flexibility index (Phi) is 4.32. The Hall–Kier alpha value is -2.37. The van der Waals surface area contributed by atoms with Crippen molar-refractivity contribution in [3.8, 4) is 5.75 Å². The molecule has 0 aliphatic carbocycles. The Bertz CT molecular complexity index is 650. The molecule has 0 aromatic heterocycles. The van der Waals surface area contributed by atoms with Crippen LogP contribution >= 0.6 is 0 Å². The maximum Gasteiger partial charge on any atom is 0.264 e. The van der Waals surface area contributed by atoms with Crippen molar-refractivity contribution in [2.45, 2.75) is 25.7 Å². The van der Waals surface area contributed by atoms with Crippen LogP contribution < -0.4 is 9.64 Å². The first kappa shape index (κ1) is 15.5. The molecule has 0 N–H and O–H groups in total. The van der Waals surface area contributed by atoms with Crippen LogP contribution in [0, 0.1) is 0 Å². The maximum atomic E-state index is 12.3. The number of likely N-dealkylation sites (N-methyl/N-ethyl adjacent to an activating group) is 1. The Morgan fingerprint density at radius 2 is 1.91 bits per heavy atom. The topological polar surface area (TPSA) is 66.9 Å². The molecule has 0 atom stereocenters. The maximum absolute atomic E-state index is 12.3. The molecule has 2 amide bonds. The first-order valence-electron chi connectivity index (χ1n) is 7.90. The molecule has 0 spiro atoms. The number of Topliss-reactive ketones (excluding diaryl/α,β-unsaturated/α-hetero) is 1. The number of hydrogen-bond acceptors (Lipinski definition) is 4. The van der Waals surface area contributed by atoms with E-state index >= 15 is 0 Å². The van der Waals surface area contributed by atoms with Crippen LogP contribution in [-0.2, 0) is 9.59 Å². The number of hydrogen-bond donors (Lipinski definition) is 0. The van der Waals surface area contributed by atoms with Crippen molar-refractivity contribution in [1.82, 2.24) is 4.90 Å². The Morgan fingerprint density at radius 1 is 1.17 bits per heavy atom. The lowest BCUT2D eigenvalue weighted by atomic mass is 10.0. The number of likely N-dealkylation sites (tertiary alicyclic amines) is 1. The highest BCUT2D eigenvalue weighted by Crippen LogP contribution is 2.32. The predicted octanol–water partition coefficient (Wildman–Crippen LogP) is 1.63. The SMILES string of the molecule is CN1C(=O)COc2ccc(C(=O)CCC(=O)N3CCCC3)cc21. The molecule has 6 nitrogen and oxygen atoms in total. The fourth-order valence-corrected chi connectivity index (χ4v) is 2.94. The predicted molar refractivity (Wildman–Crippen MR) is 84.7 cm³/mol. The highest BCUT2D eigenvalue weighted by Gasteiger charge is 2.24. The van der Waals surface area contributed by atoms with Crippen LogP contribution in [0.4, 0.5) is 5.69 Å². The molecular formula is C17H20N2O4. The second-order valence-corrected chi connectivity index (χ2v) is 5.94. The summed E-state index contributed by atoms with van der Waals surface area (Å²) in [5.41, 5.74) is 1.10. The summed E-state index contributed by atoms with van der Waals surface area (Å²) in [6.07, 6.45) is 2.52. The fourth-order valence-electron chi connectivity index (χ4n) is 2.94. The van der Waals surface area contributed by atoms with Crippen LogP contribution in [0.3, 0.4) is 0 Å². The van der Waals surface area contributed by atoms with Gasteiger partial charge in [-0.1, -0.05) is 0 Å². The number of anilines is 1. The molecular weight excluding hydrogens is 296 g/mol. The molecule has 0 radical (unpaired) electrons. The van der Waals surface area contributed by atoms with Crippen molar-refractivity contribution in [2.75, 3.05) is 31.6 Å². The normalized spacial score (nSPS) is 17.0. The standard InChI is InChI=1S/C17H20N2O4/c1-18-13-10-12(4-6-15(13)23-11-17(18)22)14(20)5-7-16(21)19-8-2-3-9-19/h4,6,10H,2-3,5,7-9,11H2,1H3. The Balaban J connectivity index is 1.66. The van der Waals surface area contributed by atoms with E-state index in [4.69, 9.17) is 4.74 Å². The summed E-state index contributed by atoms with van der Waals surface area (Å²) < 4.78 is 5.34. The van der Waals surface area contributed by atoms with Crippen molar-refractivity contribution in [3.05, 3.63) is 23.8 Å². The molecule has 122 valence electrons. The molecule has 6 heteroatoms. The van der Waals surface area contributed by atoms with Crippen LogP contribution in [-0.4, -0.2) is 49.2 Å². The molecule has 23 heavy (non-hydrogen) atoms. The van der Waals surface area contributed by atoms with E-state index in [1.165, 1.54) is 4.90 Å². The van der Waals surface area contributed by atoms with E-state index in [1.54, 1.807) is 25.2 Å². The summed E-state index contributed by atoms with van der Waals surface area (Å²) in [5, 5.41) is 0. The van der Waals surface area contributed by atoms with Gasteiger partial charge in [-0.3, -0.25) is 14.4 Å². The molecule has 2 heterocycles. The summed E-state index contributed by atoms with van der Waals surface area (Å²) in [4.78, 5) is 39.3. The van der Waals surface area contributed by atoms with Gasteiger partial charge in [0.1, 0.15) is 5.75 Å². The van der Waals surface area contributed by atoms with Crippen LogP contribution in [0.25, 0.3) is 0 Å². The quantitative estimate of drug-likeness (QED) is 0.792. The van der Waals surface area contributed by atoms with Gasteiger partial charge in [0, 0.05) is 38.5 Å². The van der Waals surface area contributed by atoms with Crippen LogP contribution in [0.1, 0.15) is 36.0 Å². The average Bonchev–Trinajstić information content (AvgIpc) is 3.10. The van der Waals surface area contributed by atoms with Gasteiger partial charge in [0.2, 0.25) is 5.91 Å². The van der Waals surface area contributed by atoms with E-state index in [1.807, 2.05) is 4.90 Å². The van der Waals surface area contributed by atoms with E-state index in [-0.39, 0.29) is 37.0 Å². The van der Waals surface area contributed by atoms with Crippen molar-refractivity contribution >= 4 is 23.3 Å². The van der Waals surface area contributed by atoms with Gasteiger partial charge in [-0.15, -0.1) is 0 Å². The summed E-state index contributed by atoms with van der Waals surface area (Å²) in [6.45, 7) is 1.62. The monoisotopic (exact) mass is 316 g/mol. The third kappa shape index (κ3) is 3.21.